The van der Waals surface area contributed by atoms with Gasteiger partial charge >= 0.3 is 0 Å². The molecule has 1 fully saturated rings. The molecule has 0 aromatic heterocycles. The van der Waals surface area contributed by atoms with Gasteiger partial charge in [-0.05, 0) is 29.9 Å². The molecule has 4 nitrogen and oxygen atoms in total. The quantitative estimate of drug-likeness (QED) is 0.648. The van der Waals surface area contributed by atoms with E-state index < -0.39 is 0 Å². The molecule has 1 aromatic rings. The van der Waals surface area contributed by atoms with Crippen LogP contribution in [0.15, 0.2) is 29.3 Å². The van der Waals surface area contributed by atoms with Crippen molar-refractivity contribution in [3.8, 4) is 0 Å². The van der Waals surface area contributed by atoms with E-state index in [-0.39, 0.29) is 5.91 Å². The predicted molar refractivity (Wildman–Crippen MR) is 69.4 cm³/mol. The van der Waals surface area contributed by atoms with Gasteiger partial charge in [0.15, 0.2) is 0 Å². The summed E-state index contributed by atoms with van der Waals surface area (Å²) in [5.74, 6) is 0.0955. The first-order chi connectivity index (χ1) is 8.28. The Hall–Kier alpha value is -1.55. The van der Waals surface area contributed by atoms with Crippen LogP contribution in [0.5, 0.6) is 0 Å². The number of carbonyl (C=O) groups excluding carboxylic acids is 1. The molecule has 0 aliphatic carbocycles. The van der Waals surface area contributed by atoms with E-state index >= 15 is 0 Å². The maximum absolute atomic E-state index is 11.2. The van der Waals surface area contributed by atoms with Gasteiger partial charge in [0.25, 0.3) is 0 Å². The van der Waals surface area contributed by atoms with Crippen molar-refractivity contribution in [3.05, 3.63) is 29.8 Å². The molecular weight excluding hydrogens is 234 g/mol. The fraction of sp³-hybridized carbons (Fsp3) is 0.333. The van der Waals surface area contributed by atoms with Crippen molar-refractivity contribution in [1.29, 1.82) is 0 Å². The van der Waals surface area contributed by atoms with Gasteiger partial charge in [0.2, 0.25) is 5.91 Å². The van der Waals surface area contributed by atoms with Crippen LogP contribution < -0.4 is 5.32 Å². The molecule has 0 atom stereocenters. The van der Waals surface area contributed by atoms with Gasteiger partial charge in [-0.1, -0.05) is 12.1 Å². The number of nitrogens with one attached hydrogen (secondary N) is 1. The Labute approximate surface area is 105 Å². The summed E-state index contributed by atoms with van der Waals surface area (Å²) in [6.45, 7) is 2.88. The molecule has 1 amide bonds. The third-order valence-corrected chi connectivity index (χ3v) is 2.73. The first-order valence-corrected chi connectivity index (χ1v) is 5.84. The highest BCUT2D eigenvalue weighted by atomic mass is 32.1. The van der Waals surface area contributed by atoms with Crippen LogP contribution in [0.2, 0.25) is 0 Å². The molecule has 0 unspecified atom stereocenters. The number of benzene rings is 1. The molecule has 88 valence electrons. The first-order valence-electron chi connectivity index (χ1n) is 5.44. The molecular formula is C12H13N3OS. The fourth-order valence-corrected chi connectivity index (χ4v) is 1.92. The van der Waals surface area contributed by atoms with Gasteiger partial charge in [0.05, 0.1) is 17.4 Å². The standard InChI is InChI=1S/C12H13N3OS/c16-12-8-15(6-5-13-12)7-10-1-3-11(4-2-10)14-9-17/h1-4H,5-8H2,(H,13,16). The van der Waals surface area contributed by atoms with Crippen molar-refractivity contribution in [2.75, 3.05) is 19.6 Å². The third-order valence-electron chi connectivity index (χ3n) is 2.63. The van der Waals surface area contributed by atoms with Gasteiger partial charge in [-0.15, -0.1) is 0 Å². The highest BCUT2D eigenvalue weighted by Gasteiger charge is 2.15. The van der Waals surface area contributed by atoms with Crippen LogP contribution in [0.3, 0.4) is 0 Å². The topological polar surface area (TPSA) is 44.7 Å². The van der Waals surface area contributed by atoms with Crippen LogP contribution in [0.4, 0.5) is 5.69 Å². The van der Waals surface area contributed by atoms with Crippen LogP contribution in [-0.4, -0.2) is 35.6 Å². The maximum Gasteiger partial charge on any atom is 0.234 e. The number of piperazine rings is 1. The second kappa shape index (κ2) is 5.68. The van der Waals surface area contributed by atoms with Crippen molar-refractivity contribution in [3.63, 3.8) is 0 Å². The summed E-state index contributed by atoms with van der Waals surface area (Å²) in [7, 11) is 0. The smallest absolute Gasteiger partial charge is 0.234 e. The molecule has 0 saturated carbocycles. The Balaban J connectivity index is 1.98. The number of rotatable bonds is 3. The minimum absolute atomic E-state index is 0.0955. The van der Waals surface area contributed by atoms with Gasteiger partial charge in [-0.25, -0.2) is 0 Å². The lowest BCUT2D eigenvalue weighted by molar-refractivity contribution is -0.124. The Kier molecular flexibility index (Phi) is 3.98. The largest absolute Gasteiger partial charge is 0.354 e. The number of hydrogen-bond donors (Lipinski definition) is 1. The van der Waals surface area contributed by atoms with Gasteiger partial charge in [0.1, 0.15) is 0 Å². The molecule has 5 heteroatoms. The lowest BCUT2D eigenvalue weighted by Crippen LogP contribution is -2.47. The van der Waals surface area contributed by atoms with E-state index in [0.29, 0.717) is 6.54 Å². The Morgan fingerprint density at radius 1 is 1.41 bits per heavy atom. The van der Waals surface area contributed by atoms with Crippen LogP contribution in [-0.2, 0) is 11.3 Å². The summed E-state index contributed by atoms with van der Waals surface area (Å²) in [5.41, 5.74) is 1.98. The van der Waals surface area contributed by atoms with E-state index in [1.807, 2.05) is 24.3 Å². The molecule has 1 saturated heterocycles. The summed E-state index contributed by atoms with van der Waals surface area (Å²) >= 11 is 4.54. The van der Waals surface area contributed by atoms with E-state index in [1.165, 1.54) is 5.56 Å². The molecule has 1 aliphatic heterocycles. The SMILES string of the molecule is O=C1CN(Cc2ccc(N=C=S)cc2)CCN1. The number of thiocarbonyl (C=S) groups is 1. The normalized spacial score (nSPS) is 16.1. The number of aliphatic imine (C=N–C) groups is 1. The third kappa shape index (κ3) is 3.46. The van der Waals surface area contributed by atoms with Crippen molar-refractivity contribution in [2.24, 2.45) is 4.99 Å². The first kappa shape index (κ1) is 11.9. The predicted octanol–water partition coefficient (Wildman–Crippen LogP) is 1.35. The molecule has 1 N–H and O–H groups in total. The van der Waals surface area contributed by atoms with E-state index in [0.717, 1.165) is 25.3 Å². The average Bonchev–Trinajstić information content (AvgIpc) is 2.32. The minimum atomic E-state index is 0.0955. The molecule has 1 aliphatic rings. The lowest BCUT2D eigenvalue weighted by Gasteiger charge is -2.26. The Bertz CT molecular complexity index is 451. The number of amides is 1. The van der Waals surface area contributed by atoms with Gasteiger partial charge < -0.3 is 5.32 Å². The number of carbonyl (C=O) groups is 1. The maximum atomic E-state index is 11.2. The fourth-order valence-electron chi connectivity index (χ4n) is 1.81. The number of nitrogens with zero attached hydrogens (tertiary/aromatic N) is 2. The van der Waals surface area contributed by atoms with E-state index in [4.69, 9.17) is 0 Å². The van der Waals surface area contributed by atoms with Crippen LogP contribution in [0, 0.1) is 0 Å². The van der Waals surface area contributed by atoms with Crippen LogP contribution >= 0.6 is 12.2 Å². The highest BCUT2D eigenvalue weighted by molar-refractivity contribution is 7.78. The summed E-state index contributed by atoms with van der Waals surface area (Å²) in [6, 6.07) is 7.80. The van der Waals surface area contributed by atoms with Gasteiger partial charge in [-0.3, -0.25) is 9.69 Å². The molecule has 0 spiro atoms. The van der Waals surface area contributed by atoms with E-state index in [2.05, 4.69) is 32.6 Å². The zero-order chi connectivity index (χ0) is 12.1. The molecule has 0 radical (unpaired) electrons. The molecule has 1 aromatic carbocycles. The van der Waals surface area contributed by atoms with E-state index in [1.54, 1.807) is 0 Å². The highest BCUT2D eigenvalue weighted by Crippen LogP contribution is 2.13. The molecule has 17 heavy (non-hydrogen) atoms. The second-order valence-electron chi connectivity index (χ2n) is 3.93. The van der Waals surface area contributed by atoms with Crippen LogP contribution in [0.25, 0.3) is 0 Å². The molecule has 2 rings (SSSR count). The summed E-state index contributed by atoms with van der Waals surface area (Å²) < 4.78 is 0. The van der Waals surface area contributed by atoms with Crippen molar-refractivity contribution >= 4 is 29.0 Å². The minimum Gasteiger partial charge on any atom is -0.354 e. The van der Waals surface area contributed by atoms with Crippen molar-refractivity contribution in [1.82, 2.24) is 10.2 Å². The number of isothiocyanates is 1. The van der Waals surface area contributed by atoms with Gasteiger partial charge in [0, 0.05) is 19.6 Å². The summed E-state index contributed by atoms with van der Waals surface area (Å²) in [6.07, 6.45) is 0. The van der Waals surface area contributed by atoms with Crippen molar-refractivity contribution < 1.29 is 4.79 Å². The van der Waals surface area contributed by atoms with Crippen molar-refractivity contribution in [2.45, 2.75) is 6.54 Å². The number of hydrogen-bond acceptors (Lipinski definition) is 4. The second-order valence-corrected chi connectivity index (χ2v) is 4.11. The Morgan fingerprint density at radius 3 is 2.82 bits per heavy atom. The Morgan fingerprint density at radius 2 is 2.18 bits per heavy atom. The van der Waals surface area contributed by atoms with E-state index in [9.17, 15) is 4.79 Å². The monoisotopic (exact) mass is 247 g/mol. The lowest BCUT2D eigenvalue weighted by atomic mass is 10.2. The molecule has 0 bridgehead atoms. The average molecular weight is 247 g/mol. The molecule has 1 heterocycles. The zero-order valence-corrected chi connectivity index (χ0v) is 10.2. The summed E-state index contributed by atoms with van der Waals surface area (Å²) in [4.78, 5) is 17.2. The summed E-state index contributed by atoms with van der Waals surface area (Å²) in [5, 5.41) is 5.14. The zero-order valence-electron chi connectivity index (χ0n) is 9.35. The van der Waals surface area contributed by atoms with Gasteiger partial charge in [-0.2, -0.15) is 4.99 Å². The van der Waals surface area contributed by atoms with Crippen LogP contribution in [0.1, 0.15) is 5.56 Å².